The number of nitro groups is 1. The van der Waals surface area contributed by atoms with Gasteiger partial charge in [-0.25, -0.2) is 0 Å². The first-order chi connectivity index (χ1) is 22.1. The number of phenolic OH excluding ortho intramolecular Hbond substituents is 2. The molecule has 0 aromatic heterocycles. The van der Waals surface area contributed by atoms with Crippen LogP contribution < -0.4 is 14.8 Å². The Hall–Kier alpha value is -5.36. The Kier molecular flexibility index (Phi) is 7.90. The molecule has 2 saturated heterocycles. The highest BCUT2D eigenvalue weighted by molar-refractivity contribution is 6.09. The number of nitro benzene ring substituents is 1. The third-order valence-electron chi connectivity index (χ3n) is 9.28. The van der Waals surface area contributed by atoms with Crippen molar-refractivity contribution in [1.82, 2.24) is 4.90 Å². The number of non-ortho nitro benzene ring substituents is 1. The summed E-state index contributed by atoms with van der Waals surface area (Å²) >= 11 is 0. The Morgan fingerprint density at radius 1 is 1.04 bits per heavy atom. The van der Waals surface area contributed by atoms with Crippen molar-refractivity contribution in [3.8, 4) is 23.0 Å². The highest BCUT2D eigenvalue weighted by Gasteiger charge is 2.68. The van der Waals surface area contributed by atoms with Crippen molar-refractivity contribution >= 4 is 29.1 Å². The number of nitrogens with zero attached hydrogens (tertiary/aromatic N) is 2. The number of methoxy groups -OCH3 is 2. The average molecular weight is 628 g/mol. The number of hydrogen-bond donors (Lipinski definition) is 4. The van der Waals surface area contributed by atoms with E-state index in [1.165, 1.54) is 50.6 Å². The maximum absolute atomic E-state index is 14.3. The van der Waals surface area contributed by atoms with E-state index in [2.05, 4.69) is 5.32 Å². The number of allylic oxidation sites excluding steroid dienone is 2. The highest BCUT2D eigenvalue weighted by Crippen LogP contribution is 2.61. The van der Waals surface area contributed by atoms with Gasteiger partial charge in [0.15, 0.2) is 28.8 Å². The molecule has 3 aliphatic heterocycles. The lowest BCUT2D eigenvalue weighted by atomic mass is 9.69. The van der Waals surface area contributed by atoms with Crippen molar-refractivity contribution in [2.75, 3.05) is 26.1 Å². The van der Waals surface area contributed by atoms with Gasteiger partial charge in [-0.15, -0.1) is 0 Å². The third-order valence-corrected chi connectivity index (χ3v) is 9.28. The quantitative estimate of drug-likeness (QED) is 0.0859. The first-order valence-corrected chi connectivity index (χ1v) is 14.8. The Labute approximate surface area is 264 Å². The zero-order valence-electron chi connectivity index (χ0n) is 25.2. The van der Waals surface area contributed by atoms with Crippen molar-refractivity contribution in [3.63, 3.8) is 0 Å². The number of carbonyl (C=O) groups is 2. The summed E-state index contributed by atoms with van der Waals surface area (Å²) in [6.07, 6.45) is 6.19. The first-order valence-electron chi connectivity index (χ1n) is 14.8. The van der Waals surface area contributed by atoms with Crippen molar-refractivity contribution in [1.29, 1.82) is 0 Å². The number of piperidine rings is 1. The van der Waals surface area contributed by atoms with Gasteiger partial charge in [0.25, 0.3) is 5.69 Å². The number of benzene rings is 3. The number of aliphatic hydroxyl groups is 1. The zero-order chi connectivity index (χ0) is 32.7. The Morgan fingerprint density at radius 2 is 1.76 bits per heavy atom. The number of phenols is 2. The molecule has 3 aliphatic rings. The number of anilines is 1. The van der Waals surface area contributed by atoms with Crippen molar-refractivity contribution in [3.05, 3.63) is 99.3 Å². The van der Waals surface area contributed by atoms with Crippen LogP contribution >= 0.6 is 0 Å². The molecule has 46 heavy (non-hydrogen) atoms. The van der Waals surface area contributed by atoms with Gasteiger partial charge < -0.3 is 30.1 Å². The van der Waals surface area contributed by atoms with Gasteiger partial charge in [-0.3, -0.25) is 24.6 Å². The third kappa shape index (κ3) is 4.91. The number of nitrogens with one attached hydrogen (secondary N) is 1. The van der Waals surface area contributed by atoms with Crippen molar-refractivity contribution in [2.45, 2.75) is 36.8 Å². The minimum absolute atomic E-state index is 0.0402. The minimum Gasteiger partial charge on any atom is -0.508 e. The first kappa shape index (κ1) is 30.7. The van der Waals surface area contributed by atoms with Crippen LogP contribution in [0.3, 0.4) is 0 Å². The number of carbonyl (C=O) groups excluding carboxylic acids is 2. The molecule has 2 fully saturated rings. The monoisotopic (exact) mass is 627 g/mol. The fraction of sp³-hybridized carbons (Fsp3) is 0.294. The number of ketones is 1. The summed E-state index contributed by atoms with van der Waals surface area (Å²) in [7, 11) is 2.82. The van der Waals surface area contributed by atoms with Crippen LogP contribution in [0.1, 0.15) is 41.9 Å². The summed E-state index contributed by atoms with van der Waals surface area (Å²) < 4.78 is 10.5. The van der Waals surface area contributed by atoms with Crippen LogP contribution in [0.5, 0.6) is 23.0 Å². The fourth-order valence-electron chi connectivity index (χ4n) is 7.39. The van der Waals surface area contributed by atoms with Gasteiger partial charge in [0.05, 0.1) is 19.1 Å². The van der Waals surface area contributed by atoms with Crippen LogP contribution in [0.25, 0.3) is 6.08 Å². The molecule has 12 heteroatoms. The smallest absolute Gasteiger partial charge is 0.269 e. The van der Waals surface area contributed by atoms with E-state index in [1.807, 2.05) is 4.90 Å². The molecule has 3 aromatic rings. The lowest BCUT2D eigenvalue weighted by molar-refractivity contribution is -0.385. The predicted molar refractivity (Wildman–Crippen MR) is 168 cm³/mol. The lowest BCUT2D eigenvalue weighted by Crippen LogP contribution is -2.53. The second-order valence-corrected chi connectivity index (χ2v) is 11.6. The molecule has 4 N–H and O–H groups in total. The molecule has 4 unspecified atom stereocenters. The molecule has 1 amide bonds. The maximum atomic E-state index is 14.3. The molecule has 0 aliphatic carbocycles. The molecule has 12 nitrogen and oxygen atoms in total. The Balaban J connectivity index is 1.50. The number of fused-ring (bicyclic) bond motifs is 4. The van der Waals surface area contributed by atoms with E-state index < -0.39 is 40.0 Å². The number of ether oxygens (including phenoxy) is 2. The summed E-state index contributed by atoms with van der Waals surface area (Å²) in [5.74, 6) is -2.65. The van der Waals surface area contributed by atoms with E-state index in [1.54, 1.807) is 30.3 Å². The van der Waals surface area contributed by atoms with E-state index in [0.29, 0.717) is 35.3 Å². The van der Waals surface area contributed by atoms with Crippen LogP contribution in [0.2, 0.25) is 0 Å². The van der Waals surface area contributed by atoms with Gasteiger partial charge in [0, 0.05) is 47.3 Å². The second-order valence-electron chi connectivity index (χ2n) is 11.6. The molecule has 0 bridgehead atoms. The number of aliphatic hydroxyl groups excluding tert-OH is 1. The number of rotatable bonds is 8. The second kappa shape index (κ2) is 11.9. The molecule has 1 spiro atoms. The molecule has 0 saturated carbocycles. The predicted octanol–water partition coefficient (Wildman–Crippen LogP) is 5.16. The van der Waals surface area contributed by atoms with E-state index in [0.717, 1.165) is 18.9 Å². The van der Waals surface area contributed by atoms with Crippen LogP contribution in [-0.2, 0) is 15.1 Å². The molecular formula is C34H33N3O9. The fourth-order valence-corrected chi connectivity index (χ4v) is 7.39. The zero-order valence-corrected chi connectivity index (χ0v) is 25.2. The molecule has 3 aromatic carbocycles. The highest BCUT2D eigenvalue weighted by atomic mass is 16.6. The SMILES string of the molecule is COc1cc(/C=C/C(O)=C\C(=O)C2C3CCCCN3C3(C(=O)Nc4ccc([N+](=O)[O-])cc43)C2c2ccc(O)c(OC)c2)ccc1O. The van der Waals surface area contributed by atoms with E-state index in [4.69, 9.17) is 9.47 Å². The van der Waals surface area contributed by atoms with Crippen LogP contribution in [0.4, 0.5) is 11.4 Å². The van der Waals surface area contributed by atoms with E-state index in [9.17, 15) is 35.0 Å². The molecule has 0 radical (unpaired) electrons. The standard InChI is InChI=1S/C34H33N3O9/c1-45-29-15-19(7-12-26(29)39)6-10-22(38)18-28(41)31-25-5-3-4-14-36(25)34(32(31)20-8-13-27(40)30(16-20)46-2)23-17-21(37(43)44)9-11-24(23)35-33(34)42/h6-13,15-18,25,31-32,38-40H,3-5,14H2,1-2H3,(H,35,42)/b10-6+,22-18+. The topological polar surface area (TPSA) is 172 Å². The van der Waals surface area contributed by atoms with Gasteiger partial charge in [0.2, 0.25) is 5.91 Å². The average Bonchev–Trinajstić information content (AvgIpc) is 3.52. The summed E-state index contributed by atoms with van der Waals surface area (Å²) in [5, 5.41) is 46.0. The van der Waals surface area contributed by atoms with Gasteiger partial charge in [0.1, 0.15) is 11.3 Å². The summed E-state index contributed by atoms with van der Waals surface area (Å²) in [5.41, 5.74) is 0.284. The van der Waals surface area contributed by atoms with Crippen LogP contribution in [0, 0.1) is 16.0 Å². The lowest BCUT2D eigenvalue weighted by Gasteiger charge is -2.41. The minimum atomic E-state index is -1.49. The van der Waals surface area contributed by atoms with E-state index >= 15 is 0 Å². The number of amides is 1. The summed E-state index contributed by atoms with van der Waals surface area (Å²) in [4.78, 5) is 42.0. The van der Waals surface area contributed by atoms with Gasteiger partial charge in [-0.1, -0.05) is 24.6 Å². The summed E-state index contributed by atoms with van der Waals surface area (Å²) in [6, 6.07) is 13.1. The number of aromatic hydroxyl groups is 2. The van der Waals surface area contributed by atoms with Crippen LogP contribution in [-0.4, -0.2) is 63.6 Å². The molecule has 4 atom stereocenters. The van der Waals surface area contributed by atoms with E-state index in [-0.39, 0.29) is 34.4 Å². The maximum Gasteiger partial charge on any atom is 0.269 e. The molecular weight excluding hydrogens is 594 g/mol. The molecule has 238 valence electrons. The van der Waals surface area contributed by atoms with Crippen molar-refractivity contribution in [2.24, 2.45) is 5.92 Å². The van der Waals surface area contributed by atoms with Gasteiger partial charge >= 0.3 is 0 Å². The van der Waals surface area contributed by atoms with Gasteiger partial charge in [-0.05, 0) is 66.9 Å². The Morgan fingerprint density at radius 3 is 2.48 bits per heavy atom. The van der Waals surface area contributed by atoms with Crippen molar-refractivity contribution < 1.29 is 39.3 Å². The van der Waals surface area contributed by atoms with Gasteiger partial charge in [-0.2, -0.15) is 0 Å². The normalized spacial score (nSPS) is 24.1. The molecule has 3 heterocycles. The molecule has 6 rings (SSSR count). The largest absolute Gasteiger partial charge is 0.508 e. The Bertz CT molecular complexity index is 1800. The number of hydrogen-bond acceptors (Lipinski definition) is 10. The van der Waals surface area contributed by atoms with Crippen LogP contribution in [0.15, 0.2) is 72.5 Å². The summed E-state index contributed by atoms with van der Waals surface area (Å²) in [6.45, 7) is 0.466.